The van der Waals surface area contributed by atoms with Crippen LogP contribution in [0.5, 0.6) is 0 Å². The van der Waals surface area contributed by atoms with Gasteiger partial charge in [0.1, 0.15) is 11.6 Å². The number of nitrogens with two attached hydrogens (primary N) is 2. The third-order valence-corrected chi connectivity index (χ3v) is 9.65. The van der Waals surface area contributed by atoms with Crippen LogP contribution in [0, 0.1) is 25.5 Å². The van der Waals surface area contributed by atoms with Crippen LogP contribution in [0.3, 0.4) is 0 Å². The molecular weight excluding hydrogens is 687 g/mol. The van der Waals surface area contributed by atoms with Crippen molar-refractivity contribution in [2.75, 3.05) is 0 Å². The van der Waals surface area contributed by atoms with E-state index in [2.05, 4.69) is 20.2 Å². The fraction of sp³-hybridized carbons (Fsp3) is 0.0952. The SMILES string of the molecule is Cc1cc(-c2ncccc2-c2ccc3nn(C(C(N)=O)C(C(N)=O)n4ncc5ccc(-c6cccnc6-c6ccc(F)c(C)c6)cc54)cc3c2)ccc1F. The fourth-order valence-corrected chi connectivity index (χ4v) is 6.94. The minimum absolute atomic E-state index is 0.300. The van der Waals surface area contributed by atoms with Gasteiger partial charge in [0.2, 0.25) is 11.8 Å². The van der Waals surface area contributed by atoms with Gasteiger partial charge in [0.25, 0.3) is 0 Å². The molecule has 2 unspecified atom stereocenters. The smallest absolute Gasteiger partial charge is 0.245 e. The first-order valence-electron chi connectivity index (χ1n) is 17.1. The number of aromatic nitrogens is 6. The number of carbonyl (C=O) groups excluding carboxylic acids is 2. The molecule has 4 aromatic carbocycles. The van der Waals surface area contributed by atoms with Gasteiger partial charge in [0.15, 0.2) is 12.1 Å². The Morgan fingerprint density at radius 2 is 1.20 bits per heavy atom. The van der Waals surface area contributed by atoms with Gasteiger partial charge in [-0.15, -0.1) is 0 Å². The van der Waals surface area contributed by atoms with E-state index in [1.807, 2.05) is 48.5 Å². The molecule has 4 aromatic heterocycles. The van der Waals surface area contributed by atoms with Gasteiger partial charge in [-0.1, -0.05) is 30.3 Å². The molecule has 0 aliphatic carbocycles. The first-order valence-corrected chi connectivity index (χ1v) is 17.1. The molecule has 0 saturated carbocycles. The Kier molecular flexibility index (Phi) is 8.49. The minimum atomic E-state index is -1.36. The summed E-state index contributed by atoms with van der Waals surface area (Å²) in [5.41, 5.74) is 20.1. The molecule has 266 valence electrons. The number of pyridine rings is 2. The molecule has 8 aromatic rings. The number of hydrogen-bond acceptors (Lipinski definition) is 6. The van der Waals surface area contributed by atoms with E-state index in [1.165, 1.54) is 21.5 Å². The zero-order valence-electron chi connectivity index (χ0n) is 29.1. The van der Waals surface area contributed by atoms with Crippen LogP contribution in [-0.4, -0.2) is 41.3 Å². The minimum Gasteiger partial charge on any atom is -0.368 e. The Balaban J connectivity index is 1.19. The lowest BCUT2D eigenvalue weighted by Crippen LogP contribution is -2.41. The molecule has 0 bridgehead atoms. The van der Waals surface area contributed by atoms with Crippen LogP contribution in [0.4, 0.5) is 8.78 Å². The zero-order valence-corrected chi connectivity index (χ0v) is 29.1. The van der Waals surface area contributed by atoms with Crippen LogP contribution in [0.1, 0.15) is 23.2 Å². The second kappa shape index (κ2) is 13.5. The molecule has 4 N–H and O–H groups in total. The van der Waals surface area contributed by atoms with Gasteiger partial charge in [-0.3, -0.25) is 24.2 Å². The third-order valence-electron chi connectivity index (χ3n) is 9.65. The summed E-state index contributed by atoms with van der Waals surface area (Å²) in [5.74, 6) is -2.29. The number of rotatable bonds is 9. The highest BCUT2D eigenvalue weighted by atomic mass is 19.1. The maximum Gasteiger partial charge on any atom is 0.245 e. The lowest BCUT2D eigenvalue weighted by atomic mass is 9.97. The van der Waals surface area contributed by atoms with Crippen LogP contribution in [0.25, 0.3) is 66.6 Å². The molecule has 0 fully saturated rings. The van der Waals surface area contributed by atoms with Gasteiger partial charge >= 0.3 is 0 Å². The second-order valence-electron chi connectivity index (χ2n) is 13.2. The van der Waals surface area contributed by atoms with Crippen molar-refractivity contribution in [1.82, 2.24) is 29.5 Å². The van der Waals surface area contributed by atoms with Gasteiger partial charge < -0.3 is 11.5 Å². The largest absolute Gasteiger partial charge is 0.368 e. The van der Waals surface area contributed by atoms with Crippen LogP contribution in [-0.2, 0) is 9.59 Å². The maximum atomic E-state index is 14.1. The summed E-state index contributed by atoms with van der Waals surface area (Å²) in [4.78, 5) is 35.8. The number of nitrogens with zero attached hydrogens (tertiary/aromatic N) is 6. The number of benzene rings is 4. The first kappa shape index (κ1) is 34.0. The quantitative estimate of drug-likeness (QED) is 0.158. The predicted octanol–water partition coefficient (Wildman–Crippen LogP) is 7.49. The van der Waals surface area contributed by atoms with Gasteiger partial charge in [-0.2, -0.15) is 10.2 Å². The molecule has 8 rings (SSSR count). The van der Waals surface area contributed by atoms with E-state index >= 15 is 0 Å². The van der Waals surface area contributed by atoms with E-state index in [0.717, 1.165) is 33.4 Å². The van der Waals surface area contributed by atoms with Crippen molar-refractivity contribution in [3.63, 3.8) is 0 Å². The Bertz CT molecular complexity index is 2770. The van der Waals surface area contributed by atoms with E-state index in [-0.39, 0.29) is 11.6 Å². The topological polar surface area (TPSA) is 148 Å². The number of fused-ring (bicyclic) bond motifs is 2. The molecule has 0 saturated heterocycles. The van der Waals surface area contributed by atoms with E-state index in [4.69, 9.17) is 11.5 Å². The van der Waals surface area contributed by atoms with Crippen LogP contribution in [0.15, 0.2) is 122 Å². The monoisotopic (exact) mass is 718 g/mol. The molecule has 10 nitrogen and oxygen atoms in total. The molecule has 4 heterocycles. The molecule has 2 amide bonds. The Morgan fingerprint density at radius 1 is 0.648 bits per heavy atom. The standard InChI is InChI=1S/C42H32F2N8O2/c1-23-17-27(9-12-33(23)43)37-31(5-3-15-47-37)25-11-14-35-30(19-25)22-51(50-35)39(41(45)53)40(42(46)54)52-36-20-26(7-8-29(36)21-49-52)32-6-4-16-48-38(32)28-10-13-34(44)24(2)18-28/h3-22,39-40H,1-2H3,(H2,45,53)(H2,46,54). The van der Waals surface area contributed by atoms with E-state index in [1.54, 1.807) is 75.0 Å². The lowest BCUT2D eigenvalue weighted by Gasteiger charge is -2.23. The van der Waals surface area contributed by atoms with Crippen LogP contribution in [0.2, 0.25) is 0 Å². The number of hydrogen-bond donors (Lipinski definition) is 2. The highest BCUT2D eigenvalue weighted by Gasteiger charge is 2.37. The Morgan fingerprint density at radius 3 is 1.78 bits per heavy atom. The molecular formula is C42H32F2N8O2. The second-order valence-corrected chi connectivity index (χ2v) is 13.2. The van der Waals surface area contributed by atoms with Crippen molar-refractivity contribution in [3.8, 4) is 44.8 Å². The molecule has 0 spiro atoms. The number of amides is 2. The fourth-order valence-electron chi connectivity index (χ4n) is 6.94. The molecule has 0 aliphatic rings. The van der Waals surface area contributed by atoms with Gasteiger partial charge in [-0.25, -0.2) is 13.5 Å². The molecule has 54 heavy (non-hydrogen) atoms. The van der Waals surface area contributed by atoms with Crippen molar-refractivity contribution in [3.05, 3.63) is 145 Å². The van der Waals surface area contributed by atoms with Gasteiger partial charge in [0, 0.05) is 51.6 Å². The van der Waals surface area contributed by atoms with E-state index in [0.29, 0.717) is 44.3 Å². The van der Waals surface area contributed by atoms with Gasteiger partial charge in [0.05, 0.1) is 28.6 Å². The molecule has 2 atom stereocenters. The summed E-state index contributed by atoms with van der Waals surface area (Å²) in [7, 11) is 0. The number of aryl methyl sites for hydroxylation is 2. The van der Waals surface area contributed by atoms with Crippen LogP contribution >= 0.6 is 0 Å². The Hall–Kier alpha value is -7.08. The maximum absolute atomic E-state index is 14.1. The van der Waals surface area contributed by atoms with Crippen molar-refractivity contribution in [2.24, 2.45) is 11.5 Å². The highest BCUT2D eigenvalue weighted by Crippen LogP contribution is 2.36. The summed E-state index contributed by atoms with van der Waals surface area (Å²) in [6.45, 7) is 3.40. The summed E-state index contributed by atoms with van der Waals surface area (Å²) in [5, 5.41) is 10.5. The van der Waals surface area contributed by atoms with E-state index < -0.39 is 23.9 Å². The summed E-state index contributed by atoms with van der Waals surface area (Å²) >= 11 is 0. The van der Waals surface area contributed by atoms with Crippen molar-refractivity contribution < 1.29 is 18.4 Å². The van der Waals surface area contributed by atoms with Crippen LogP contribution < -0.4 is 11.5 Å². The number of halogens is 2. The first-order chi connectivity index (χ1) is 26.1. The average molecular weight is 719 g/mol. The predicted molar refractivity (Wildman–Crippen MR) is 203 cm³/mol. The highest BCUT2D eigenvalue weighted by molar-refractivity contribution is 5.94. The zero-order chi connectivity index (χ0) is 37.7. The van der Waals surface area contributed by atoms with Gasteiger partial charge in [-0.05, 0) is 103 Å². The summed E-state index contributed by atoms with van der Waals surface area (Å²) < 4.78 is 31.0. The summed E-state index contributed by atoms with van der Waals surface area (Å²) in [6, 6.07) is 25.6. The number of carbonyl (C=O) groups is 2. The normalized spacial score (nSPS) is 12.6. The van der Waals surface area contributed by atoms with Crippen molar-refractivity contribution >= 4 is 33.6 Å². The Labute approximate surface area is 307 Å². The molecule has 12 heteroatoms. The number of primary amides is 2. The molecule has 0 radical (unpaired) electrons. The molecule has 0 aliphatic heterocycles. The summed E-state index contributed by atoms with van der Waals surface area (Å²) in [6.07, 6.45) is 6.58. The van der Waals surface area contributed by atoms with E-state index in [9.17, 15) is 18.4 Å². The van der Waals surface area contributed by atoms with Crippen molar-refractivity contribution in [2.45, 2.75) is 25.9 Å². The third kappa shape index (κ3) is 6.03. The average Bonchev–Trinajstić information content (AvgIpc) is 3.79. The van der Waals surface area contributed by atoms with Crippen molar-refractivity contribution in [1.29, 1.82) is 0 Å². The lowest BCUT2D eigenvalue weighted by molar-refractivity contribution is -0.130.